The maximum absolute atomic E-state index is 3.47. The zero-order chi connectivity index (χ0) is 11.7. The van der Waals surface area contributed by atoms with E-state index in [1.807, 2.05) is 17.8 Å². The molecule has 0 amide bonds. The fourth-order valence-corrected chi connectivity index (χ4v) is 3.02. The Hall–Kier alpha value is -1.67. The molecule has 2 aromatic rings. The summed E-state index contributed by atoms with van der Waals surface area (Å²) < 4.78 is 0. The van der Waals surface area contributed by atoms with E-state index in [1.54, 1.807) is 0 Å². The molecule has 0 saturated heterocycles. The molecule has 0 atom stereocenters. The number of fused-ring (bicyclic) bond motifs is 1. The number of thioether (sulfide) groups is 1. The third kappa shape index (κ3) is 1.96. The number of para-hydroxylation sites is 1. The molecule has 2 heteroatoms. The van der Waals surface area contributed by atoms with Gasteiger partial charge in [0, 0.05) is 15.5 Å². The first-order valence-corrected chi connectivity index (χ1v) is 6.46. The van der Waals surface area contributed by atoms with Crippen LogP contribution in [0.4, 0.5) is 5.69 Å². The highest BCUT2D eigenvalue weighted by atomic mass is 32.2. The van der Waals surface area contributed by atoms with Gasteiger partial charge in [0.1, 0.15) is 0 Å². The average molecular weight is 239 g/mol. The smallest absolute Gasteiger partial charge is 0.0523 e. The molecule has 0 spiro atoms. The summed E-state index contributed by atoms with van der Waals surface area (Å²) in [6.07, 6.45) is 0. The lowest BCUT2D eigenvalue weighted by Gasteiger charge is -2.22. The number of hydrogen-bond acceptors (Lipinski definition) is 2. The standard InChI is InChI=1S/C15H13NS/c1-11-15(12-7-3-2-4-8-12)17-14-10-6-5-9-13(14)16-11/h2-10,16H,1H3. The molecule has 3 rings (SSSR count). The molecule has 1 nitrogen and oxygen atoms in total. The average Bonchev–Trinajstić information content (AvgIpc) is 2.39. The number of hydrogen-bond donors (Lipinski definition) is 1. The monoisotopic (exact) mass is 239 g/mol. The summed E-state index contributed by atoms with van der Waals surface area (Å²) in [7, 11) is 0. The van der Waals surface area contributed by atoms with Crippen molar-refractivity contribution in [2.24, 2.45) is 0 Å². The molecule has 0 radical (unpaired) electrons. The number of rotatable bonds is 1. The van der Waals surface area contributed by atoms with Crippen molar-refractivity contribution in [3.63, 3.8) is 0 Å². The van der Waals surface area contributed by atoms with Gasteiger partial charge in [0.25, 0.3) is 0 Å². The topological polar surface area (TPSA) is 12.0 Å². The highest BCUT2D eigenvalue weighted by Gasteiger charge is 2.16. The van der Waals surface area contributed by atoms with Crippen LogP contribution >= 0.6 is 11.8 Å². The summed E-state index contributed by atoms with van der Waals surface area (Å²) in [5.74, 6) is 0. The van der Waals surface area contributed by atoms with Gasteiger partial charge in [0.05, 0.1) is 5.69 Å². The van der Waals surface area contributed by atoms with Crippen LogP contribution in [0, 0.1) is 0 Å². The molecular formula is C15H13NS. The van der Waals surface area contributed by atoms with Crippen LogP contribution in [0.3, 0.4) is 0 Å². The number of benzene rings is 2. The largest absolute Gasteiger partial charge is 0.357 e. The first-order chi connectivity index (χ1) is 8.34. The predicted octanol–water partition coefficient (Wildman–Crippen LogP) is 4.59. The molecule has 1 N–H and O–H groups in total. The Kier molecular flexibility index (Phi) is 2.65. The zero-order valence-corrected chi connectivity index (χ0v) is 10.4. The summed E-state index contributed by atoms with van der Waals surface area (Å²) in [4.78, 5) is 2.60. The first kappa shape index (κ1) is 10.5. The second-order valence-corrected chi connectivity index (χ2v) is 5.10. The van der Waals surface area contributed by atoms with Crippen LogP contribution in [0.1, 0.15) is 12.5 Å². The predicted molar refractivity (Wildman–Crippen MR) is 75.0 cm³/mol. The lowest BCUT2D eigenvalue weighted by Crippen LogP contribution is -2.04. The Morgan fingerprint density at radius 1 is 0.882 bits per heavy atom. The number of anilines is 1. The molecule has 0 bridgehead atoms. The van der Waals surface area contributed by atoms with Crippen molar-refractivity contribution in [3.8, 4) is 0 Å². The minimum Gasteiger partial charge on any atom is -0.357 e. The molecule has 0 aromatic heterocycles. The zero-order valence-electron chi connectivity index (χ0n) is 9.60. The van der Waals surface area contributed by atoms with Crippen molar-refractivity contribution < 1.29 is 0 Å². The first-order valence-electron chi connectivity index (χ1n) is 5.65. The van der Waals surface area contributed by atoms with E-state index in [0.717, 1.165) is 0 Å². The van der Waals surface area contributed by atoms with E-state index in [9.17, 15) is 0 Å². The minimum atomic E-state index is 1.20. The van der Waals surface area contributed by atoms with E-state index >= 15 is 0 Å². The normalized spacial score (nSPS) is 14.2. The minimum absolute atomic E-state index is 1.20. The molecule has 0 unspecified atom stereocenters. The van der Waals surface area contributed by atoms with Gasteiger partial charge >= 0.3 is 0 Å². The van der Waals surface area contributed by atoms with Gasteiger partial charge in [-0.1, -0.05) is 54.2 Å². The van der Waals surface area contributed by atoms with E-state index < -0.39 is 0 Å². The van der Waals surface area contributed by atoms with Gasteiger partial charge in [0.2, 0.25) is 0 Å². The summed E-state index contributed by atoms with van der Waals surface area (Å²) in [5.41, 5.74) is 3.70. The van der Waals surface area contributed by atoms with Gasteiger partial charge in [-0.15, -0.1) is 0 Å². The number of nitrogens with one attached hydrogen (secondary N) is 1. The van der Waals surface area contributed by atoms with Crippen LogP contribution in [0.5, 0.6) is 0 Å². The van der Waals surface area contributed by atoms with Gasteiger partial charge in [-0.05, 0) is 24.6 Å². The van der Waals surface area contributed by atoms with Crippen LogP contribution in [-0.2, 0) is 0 Å². The Bertz CT molecular complexity index is 572. The van der Waals surface area contributed by atoms with E-state index in [4.69, 9.17) is 0 Å². The maximum Gasteiger partial charge on any atom is 0.0523 e. The van der Waals surface area contributed by atoms with E-state index in [1.165, 1.54) is 26.7 Å². The van der Waals surface area contributed by atoms with Gasteiger partial charge in [-0.3, -0.25) is 0 Å². The van der Waals surface area contributed by atoms with Gasteiger partial charge in [-0.2, -0.15) is 0 Å². The van der Waals surface area contributed by atoms with Gasteiger partial charge < -0.3 is 5.32 Å². The van der Waals surface area contributed by atoms with Crippen molar-refractivity contribution in [1.29, 1.82) is 0 Å². The van der Waals surface area contributed by atoms with E-state index in [0.29, 0.717) is 0 Å². The summed E-state index contributed by atoms with van der Waals surface area (Å²) in [5, 5.41) is 3.47. The molecular weight excluding hydrogens is 226 g/mol. The molecule has 17 heavy (non-hydrogen) atoms. The SMILES string of the molecule is CC1=C(c2ccccc2)Sc2ccccc2N1. The summed E-state index contributed by atoms with van der Waals surface area (Å²) in [6.45, 7) is 2.13. The van der Waals surface area contributed by atoms with Gasteiger partial charge in [0.15, 0.2) is 0 Å². The maximum atomic E-state index is 3.47. The number of allylic oxidation sites excluding steroid dienone is 1. The molecule has 84 valence electrons. The second-order valence-electron chi connectivity index (χ2n) is 4.04. The van der Waals surface area contributed by atoms with Crippen molar-refractivity contribution in [3.05, 3.63) is 65.9 Å². The van der Waals surface area contributed by atoms with Crippen LogP contribution in [0.2, 0.25) is 0 Å². The molecule has 1 heterocycles. The Morgan fingerprint density at radius 2 is 1.59 bits per heavy atom. The third-order valence-corrected chi connectivity index (χ3v) is 4.12. The Balaban J connectivity index is 2.03. The molecule has 0 aliphatic carbocycles. The lowest BCUT2D eigenvalue weighted by molar-refractivity contribution is 1.31. The van der Waals surface area contributed by atoms with Crippen LogP contribution < -0.4 is 5.32 Å². The van der Waals surface area contributed by atoms with Crippen molar-refractivity contribution in [2.75, 3.05) is 5.32 Å². The van der Waals surface area contributed by atoms with E-state index in [-0.39, 0.29) is 0 Å². The highest BCUT2D eigenvalue weighted by Crippen LogP contribution is 2.44. The molecule has 0 fully saturated rings. The second kappa shape index (κ2) is 4.30. The fraction of sp³-hybridized carbons (Fsp3) is 0.0667. The Labute approximate surface area is 106 Å². The summed E-state index contributed by atoms with van der Waals surface area (Å²) >= 11 is 1.84. The fourth-order valence-electron chi connectivity index (χ4n) is 1.97. The summed E-state index contributed by atoms with van der Waals surface area (Å²) in [6, 6.07) is 18.9. The molecule has 2 aromatic carbocycles. The van der Waals surface area contributed by atoms with E-state index in [2.05, 4.69) is 60.8 Å². The quantitative estimate of drug-likeness (QED) is 0.781. The van der Waals surface area contributed by atoms with Crippen LogP contribution in [-0.4, -0.2) is 0 Å². The van der Waals surface area contributed by atoms with Crippen molar-refractivity contribution in [1.82, 2.24) is 0 Å². The molecule has 1 aliphatic heterocycles. The molecule has 0 saturated carbocycles. The Morgan fingerprint density at radius 3 is 2.41 bits per heavy atom. The van der Waals surface area contributed by atoms with Crippen LogP contribution in [0.25, 0.3) is 4.91 Å². The van der Waals surface area contributed by atoms with Crippen molar-refractivity contribution >= 4 is 22.4 Å². The van der Waals surface area contributed by atoms with Gasteiger partial charge in [-0.25, -0.2) is 0 Å². The van der Waals surface area contributed by atoms with Crippen molar-refractivity contribution in [2.45, 2.75) is 11.8 Å². The lowest BCUT2D eigenvalue weighted by atomic mass is 10.2. The van der Waals surface area contributed by atoms with Crippen LogP contribution in [0.15, 0.2) is 65.2 Å². The highest BCUT2D eigenvalue weighted by molar-refractivity contribution is 8.08. The third-order valence-electron chi connectivity index (χ3n) is 2.80. The molecule has 1 aliphatic rings.